The molecule has 0 bridgehead atoms. The smallest absolute Gasteiger partial charge is 0.195 e. The van der Waals surface area contributed by atoms with Crippen molar-refractivity contribution in [1.29, 1.82) is 0 Å². The van der Waals surface area contributed by atoms with Crippen molar-refractivity contribution in [2.75, 3.05) is 0 Å². The molecule has 0 spiro atoms. The van der Waals surface area contributed by atoms with Gasteiger partial charge in [0.2, 0.25) is 0 Å². The summed E-state index contributed by atoms with van der Waals surface area (Å²) in [6.45, 7) is 3.90. The lowest BCUT2D eigenvalue weighted by Gasteiger charge is -2.11. The minimum atomic E-state index is -0.409. The number of halogens is 2. The fraction of sp³-hybridized carbons (Fsp3) is 0.273. The van der Waals surface area contributed by atoms with Gasteiger partial charge in [0.25, 0.3) is 0 Å². The number of rotatable bonds is 2. The molecule has 1 aromatic heterocycles. The highest BCUT2D eigenvalue weighted by molar-refractivity contribution is 7.71. The molecular weight excluding hydrogens is 261 g/mol. The number of aromatic amines is 1. The number of hydrogen-bond donors (Lipinski definition) is 1. The van der Waals surface area contributed by atoms with E-state index in [2.05, 4.69) is 10.2 Å². The summed E-state index contributed by atoms with van der Waals surface area (Å²) in [4.78, 5) is 0. The normalized spacial score (nSPS) is 11.1. The molecular formula is C11H11ClFN3S. The molecule has 0 aliphatic rings. The van der Waals surface area contributed by atoms with Gasteiger partial charge in [0.05, 0.1) is 10.6 Å². The quantitative estimate of drug-likeness (QED) is 0.838. The summed E-state index contributed by atoms with van der Waals surface area (Å²) < 4.78 is 16.0. The van der Waals surface area contributed by atoms with E-state index in [1.54, 1.807) is 16.7 Å². The molecule has 2 rings (SSSR count). The molecule has 0 atom stereocenters. The SMILES string of the molecule is CC(C)n1c(-c2c(F)cccc2Cl)n[nH]c1=S. The third kappa shape index (κ3) is 2.12. The Morgan fingerprint density at radius 3 is 2.76 bits per heavy atom. The Kier molecular flexibility index (Phi) is 3.31. The second-order valence-corrected chi connectivity index (χ2v) is 4.71. The van der Waals surface area contributed by atoms with Crippen LogP contribution < -0.4 is 0 Å². The summed E-state index contributed by atoms with van der Waals surface area (Å²) in [5, 5.41) is 7.03. The van der Waals surface area contributed by atoms with Gasteiger partial charge in [0.15, 0.2) is 10.6 Å². The first-order valence-electron chi connectivity index (χ1n) is 5.13. The van der Waals surface area contributed by atoms with Gasteiger partial charge in [-0.2, -0.15) is 5.10 Å². The number of aromatic nitrogens is 3. The number of H-pyrrole nitrogens is 1. The van der Waals surface area contributed by atoms with Crippen molar-refractivity contribution in [1.82, 2.24) is 14.8 Å². The van der Waals surface area contributed by atoms with E-state index >= 15 is 0 Å². The molecule has 0 saturated carbocycles. The van der Waals surface area contributed by atoms with E-state index in [0.717, 1.165) is 0 Å². The highest BCUT2D eigenvalue weighted by atomic mass is 35.5. The van der Waals surface area contributed by atoms with Crippen molar-refractivity contribution >= 4 is 23.8 Å². The Morgan fingerprint density at radius 1 is 1.47 bits per heavy atom. The Balaban J connectivity index is 2.74. The maximum absolute atomic E-state index is 13.8. The number of hydrogen-bond acceptors (Lipinski definition) is 2. The summed E-state index contributed by atoms with van der Waals surface area (Å²) in [7, 11) is 0. The number of benzene rings is 1. The van der Waals surface area contributed by atoms with Crippen LogP contribution in [0.15, 0.2) is 18.2 Å². The average Bonchev–Trinajstić information content (AvgIpc) is 2.60. The van der Waals surface area contributed by atoms with Crippen molar-refractivity contribution in [3.05, 3.63) is 33.8 Å². The van der Waals surface area contributed by atoms with Crippen LogP contribution in [0.1, 0.15) is 19.9 Å². The molecule has 6 heteroatoms. The van der Waals surface area contributed by atoms with Crippen LogP contribution in [0.3, 0.4) is 0 Å². The zero-order chi connectivity index (χ0) is 12.6. The molecule has 90 valence electrons. The van der Waals surface area contributed by atoms with Gasteiger partial charge < -0.3 is 0 Å². The molecule has 0 amide bonds. The van der Waals surface area contributed by atoms with Gasteiger partial charge in [0.1, 0.15) is 5.82 Å². The van der Waals surface area contributed by atoms with E-state index < -0.39 is 5.82 Å². The lowest BCUT2D eigenvalue weighted by molar-refractivity contribution is 0.589. The first kappa shape index (κ1) is 12.3. The van der Waals surface area contributed by atoms with Gasteiger partial charge in [0, 0.05) is 6.04 Å². The van der Waals surface area contributed by atoms with Gasteiger partial charge in [-0.05, 0) is 38.2 Å². The third-order valence-electron chi connectivity index (χ3n) is 2.41. The minimum Gasteiger partial charge on any atom is -0.297 e. The van der Waals surface area contributed by atoms with Crippen LogP contribution in [0.2, 0.25) is 5.02 Å². The molecule has 0 saturated heterocycles. The predicted octanol–water partition coefficient (Wildman–Crippen LogP) is 3.98. The monoisotopic (exact) mass is 271 g/mol. The number of nitrogens with zero attached hydrogens (tertiary/aromatic N) is 2. The molecule has 1 aromatic carbocycles. The van der Waals surface area contributed by atoms with Crippen molar-refractivity contribution in [2.45, 2.75) is 19.9 Å². The van der Waals surface area contributed by atoms with E-state index in [1.807, 2.05) is 13.8 Å². The second kappa shape index (κ2) is 4.58. The summed E-state index contributed by atoms with van der Waals surface area (Å²) in [5.74, 6) is 0.0153. The Morgan fingerprint density at radius 2 is 2.18 bits per heavy atom. The topological polar surface area (TPSA) is 33.6 Å². The molecule has 1 N–H and O–H groups in total. The second-order valence-electron chi connectivity index (χ2n) is 3.91. The maximum atomic E-state index is 13.8. The number of nitrogens with one attached hydrogen (secondary N) is 1. The minimum absolute atomic E-state index is 0.0759. The molecule has 0 aliphatic carbocycles. The Labute approximate surface area is 108 Å². The summed E-state index contributed by atoms with van der Waals surface area (Å²) in [5.41, 5.74) is 0.273. The van der Waals surface area contributed by atoms with Crippen LogP contribution in [0.5, 0.6) is 0 Å². The molecule has 2 aromatic rings. The van der Waals surface area contributed by atoms with Crippen molar-refractivity contribution in [2.24, 2.45) is 0 Å². The van der Waals surface area contributed by atoms with E-state index in [1.165, 1.54) is 6.07 Å². The standard InChI is InChI=1S/C11H11ClFN3S/c1-6(2)16-10(14-15-11(16)17)9-7(12)4-3-5-8(9)13/h3-6H,1-2H3,(H,15,17). The highest BCUT2D eigenvalue weighted by Crippen LogP contribution is 2.30. The van der Waals surface area contributed by atoms with Crippen LogP contribution in [0.4, 0.5) is 4.39 Å². The zero-order valence-electron chi connectivity index (χ0n) is 9.37. The van der Waals surface area contributed by atoms with Gasteiger partial charge in [-0.1, -0.05) is 17.7 Å². The average molecular weight is 272 g/mol. The maximum Gasteiger partial charge on any atom is 0.195 e. The Bertz CT molecular complexity index is 583. The van der Waals surface area contributed by atoms with Crippen molar-refractivity contribution in [3.8, 4) is 11.4 Å². The summed E-state index contributed by atoms with van der Waals surface area (Å²) in [6, 6.07) is 4.61. The predicted molar refractivity (Wildman–Crippen MR) is 68.2 cm³/mol. The van der Waals surface area contributed by atoms with E-state index in [0.29, 0.717) is 15.6 Å². The van der Waals surface area contributed by atoms with Crippen LogP contribution in [-0.2, 0) is 0 Å². The van der Waals surface area contributed by atoms with Crippen LogP contribution in [-0.4, -0.2) is 14.8 Å². The zero-order valence-corrected chi connectivity index (χ0v) is 10.9. The highest BCUT2D eigenvalue weighted by Gasteiger charge is 2.17. The van der Waals surface area contributed by atoms with Gasteiger partial charge in [-0.3, -0.25) is 9.67 Å². The fourth-order valence-corrected chi connectivity index (χ4v) is 2.26. The molecule has 0 fully saturated rings. The fourth-order valence-electron chi connectivity index (χ4n) is 1.67. The summed E-state index contributed by atoms with van der Waals surface area (Å²) >= 11 is 11.1. The third-order valence-corrected chi connectivity index (χ3v) is 3.01. The molecule has 0 unspecified atom stereocenters. The largest absolute Gasteiger partial charge is 0.297 e. The van der Waals surface area contributed by atoms with Gasteiger partial charge in [-0.25, -0.2) is 4.39 Å². The van der Waals surface area contributed by atoms with Crippen molar-refractivity contribution < 1.29 is 4.39 Å². The summed E-state index contributed by atoms with van der Waals surface area (Å²) in [6.07, 6.45) is 0. The molecule has 3 nitrogen and oxygen atoms in total. The molecule has 1 heterocycles. The lowest BCUT2D eigenvalue weighted by atomic mass is 10.2. The lowest BCUT2D eigenvalue weighted by Crippen LogP contribution is -2.04. The van der Waals surface area contributed by atoms with E-state index in [-0.39, 0.29) is 11.6 Å². The van der Waals surface area contributed by atoms with Gasteiger partial charge >= 0.3 is 0 Å². The van der Waals surface area contributed by atoms with E-state index in [4.69, 9.17) is 23.8 Å². The van der Waals surface area contributed by atoms with Crippen LogP contribution in [0.25, 0.3) is 11.4 Å². The molecule has 17 heavy (non-hydrogen) atoms. The van der Waals surface area contributed by atoms with Crippen molar-refractivity contribution in [3.63, 3.8) is 0 Å². The molecule has 0 aliphatic heterocycles. The van der Waals surface area contributed by atoms with Crippen LogP contribution in [0, 0.1) is 10.6 Å². The van der Waals surface area contributed by atoms with E-state index in [9.17, 15) is 4.39 Å². The van der Waals surface area contributed by atoms with Gasteiger partial charge in [-0.15, -0.1) is 0 Å². The van der Waals surface area contributed by atoms with Crippen LogP contribution >= 0.6 is 23.8 Å². The first-order chi connectivity index (χ1) is 8.02. The molecule has 0 radical (unpaired) electrons. The first-order valence-corrected chi connectivity index (χ1v) is 5.92. The Hall–Kier alpha value is -1.20.